The van der Waals surface area contributed by atoms with E-state index in [1.807, 2.05) is 31.2 Å². The molecule has 0 aromatic heterocycles. The number of halogens is 1. The lowest BCUT2D eigenvalue weighted by atomic mass is 10.1. The first-order valence-electron chi connectivity index (χ1n) is 7.71. The van der Waals surface area contributed by atoms with Crippen molar-refractivity contribution >= 4 is 57.6 Å². The zero-order valence-electron chi connectivity index (χ0n) is 14.4. The lowest BCUT2D eigenvalue weighted by Gasteiger charge is -2.16. The molecular weight excluding hydrogens is 390 g/mol. The number of aryl methyl sites for hydroxylation is 1. The fourth-order valence-corrected chi connectivity index (χ4v) is 4.24. The van der Waals surface area contributed by atoms with Gasteiger partial charge in [0.2, 0.25) is 0 Å². The molecule has 0 N–H and O–H groups in total. The molecule has 7 heteroatoms. The fraction of sp³-hybridized carbons (Fsp3) is 0.158. The van der Waals surface area contributed by atoms with Gasteiger partial charge in [0.05, 0.1) is 29.8 Å². The van der Waals surface area contributed by atoms with Crippen molar-refractivity contribution in [2.45, 2.75) is 6.92 Å². The van der Waals surface area contributed by atoms with Crippen molar-refractivity contribution in [3.8, 4) is 11.5 Å². The number of para-hydroxylation sites is 1. The summed E-state index contributed by atoms with van der Waals surface area (Å²) in [5, 5.41) is 0.410. The van der Waals surface area contributed by atoms with Crippen LogP contribution < -0.4 is 14.4 Å². The number of methoxy groups -OCH3 is 2. The lowest BCUT2D eigenvalue weighted by Crippen LogP contribution is -2.28. The van der Waals surface area contributed by atoms with Crippen molar-refractivity contribution < 1.29 is 14.3 Å². The molecule has 1 fully saturated rings. The van der Waals surface area contributed by atoms with Gasteiger partial charge in [-0.25, -0.2) is 0 Å². The topological polar surface area (TPSA) is 38.8 Å². The summed E-state index contributed by atoms with van der Waals surface area (Å²) in [7, 11) is 3.06. The Balaban J connectivity index is 1.99. The van der Waals surface area contributed by atoms with E-state index in [0.717, 1.165) is 16.8 Å². The van der Waals surface area contributed by atoms with Crippen LogP contribution in [0, 0.1) is 6.92 Å². The van der Waals surface area contributed by atoms with E-state index in [2.05, 4.69) is 0 Å². The molecule has 0 bridgehead atoms. The molecule has 26 heavy (non-hydrogen) atoms. The first-order valence-corrected chi connectivity index (χ1v) is 9.31. The molecule has 1 amide bonds. The largest absolute Gasteiger partial charge is 0.493 e. The molecule has 1 aliphatic rings. The monoisotopic (exact) mass is 405 g/mol. The van der Waals surface area contributed by atoms with Gasteiger partial charge in [0.15, 0.2) is 15.8 Å². The van der Waals surface area contributed by atoms with Crippen molar-refractivity contribution in [3.05, 3.63) is 57.5 Å². The summed E-state index contributed by atoms with van der Waals surface area (Å²) >= 11 is 12.9. The Labute approximate surface area is 166 Å². The van der Waals surface area contributed by atoms with Gasteiger partial charge in [0.25, 0.3) is 5.91 Å². The Kier molecular flexibility index (Phi) is 5.55. The molecule has 0 saturated carbocycles. The number of hydrogen-bond acceptors (Lipinski definition) is 5. The lowest BCUT2D eigenvalue weighted by molar-refractivity contribution is -0.113. The van der Waals surface area contributed by atoms with Gasteiger partial charge < -0.3 is 9.47 Å². The molecule has 4 nitrogen and oxygen atoms in total. The van der Waals surface area contributed by atoms with Gasteiger partial charge in [-0.2, -0.15) is 0 Å². The first kappa shape index (κ1) is 18.8. The average molecular weight is 406 g/mol. The van der Waals surface area contributed by atoms with Gasteiger partial charge in [-0.05, 0) is 42.3 Å². The minimum atomic E-state index is -0.153. The highest BCUT2D eigenvalue weighted by molar-refractivity contribution is 8.27. The Hall–Kier alpha value is -2.02. The third-order valence-corrected chi connectivity index (χ3v) is 5.49. The van der Waals surface area contributed by atoms with Crippen LogP contribution in [0.15, 0.2) is 41.3 Å². The van der Waals surface area contributed by atoms with Crippen LogP contribution >= 0.6 is 35.6 Å². The highest BCUT2D eigenvalue weighted by Crippen LogP contribution is 2.40. The van der Waals surface area contributed by atoms with Gasteiger partial charge in [-0.3, -0.25) is 9.69 Å². The van der Waals surface area contributed by atoms with Crippen LogP contribution in [0.3, 0.4) is 0 Å². The minimum Gasteiger partial charge on any atom is -0.493 e. The van der Waals surface area contributed by atoms with Crippen LogP contribution in [-0.2, 0) is 4.79 Å². The first-order chi connectivity index (χ1) is 12.5. The van der Waals surface area contributed by atoms with Crippen molar-refractivity contribution in [3.63, 3.8) is 0 Å². The summed E-state index contributed by atoms with van der Waals surface area (Å²) in [4.78, 5) is 15.0. The average Bonchev–Trinajstić information content (AvgIpc) is 2.88. The number of anilines is 1. The predicted octanol–water partition coefficient (Wildman–Crippen LogP) is 5.07. The maximum atomic E-state index is 12.9. The van der Waals surface area contributed by atoms with Gasteiger partial charge in [0.1, 0.15) is 0 Å². The second-order valence-corrected chi connectivity index (χ2v) is 7.62. The van der Waals surface area contributed by atoms with Gasteiger partial charge >= 0.3 is 0 Å². The second-order valence-electron chi connectivity index (χ2n) is 5.54. The summed E-state index contributed by atoms with van der Waals surface area (Å²) < 4.78 is 11.1. The fourth-order valence-electron chi connectivity index (χ4n) is 2.66. The molecule has 0 aliphatic carbocycles. The number of carbonyl (C=O) groups excluding carboxylic acids is 1. The van der Waals surface area contributed by atoms with Crippen LogP contribution in [0.25, 0.3) is 6.08 Å². The number of rotatable bonds is 4. The highest BCUT2D eigenvalue weighted by Gasteiger charge is 2.34. The third-order valence-electron chi connectivity index (χ3n) is 3.90. The van der Waals surface area contributed by atoms with Crippen molar-refractivity contribution in [1.82, 2.24) is 0 Å². The minimum absolute atomic E-state index is 0.153. The van der Waals surface area contributed by atoms with E-state index in [9.17, 15) is 4.79 Å². The van der Waals surface area contributed by atoms with Crippen LogP contribution in [-0.4, -0.2) is 24.4 Å². The summed E-state index contributed by atoms with van der Waals surface area (Å²) in [6.07, 6.45) is 1.76. The molecular formula is C19H16ClNO3S2. The summed E-state index contributed by atoms with van der Waals surface area (Å²) in [5.74, 6) is 0.805. The zero-order chi connectivity index (χ0) is 18.8. The number of carbonyl (C=O) groups is 1. The number of thioether (sulfide) groups is 1. The van der Waals surface area contributed by atoms with Crippen molar-refractivity contribution in [2.75, 3.05) is 19.1 Å². The Morgan fingerprint density at radius 1 is 1.19 bits per heavy atom. The molecule has 2 aromatic carbocycles. The summed E-state index contributed by atoms with van der Waals surface area (Å²) in [5.41, 5.74) is 2.51. The maximum absolute atomic E-state index is 12.9. The van der Waals surface area contributed by atoms with E-state index in [-0.39, 0.29) is 5.91 Å². The number of benzene rings is 2. The molecule has 1 saturated heterocycles. The maximum Gasteiger partial charge on any atom is 0.270 e. The van der Waals surface area contributed by atoms with Crippen LogP contribution in [0.1, 0.15) is 11.1 Å². The molecule has 1 aliphatic heterocycles. The molecule has 0 unspecified atom stereocenters. The van der Waals surface area contributed by atoms with Gasteiger partial charge in [-0.1, -0.05) is 53.8 Å². The Morgan fingerprint density at radius 2 is 1.92 bits per heavy atom. The van der Waals surface area contributed by atoms with Gasteiger partial charge in [-0.15, -0.1) is 0 Å². The number of nitrogens with zero attached hydrogens (tertiary/aromatic N) is 1. The smallest absolute Gasteiger partial charge is 0.270 e. The van der Waals surface area contributed by atoms with Crippen LogP contribution in [0.4, 0.5) is 5.69 Å². The number of ether oxygens (including phenoxy) is 2. The molecule has 134 valence electrons. The van der Waals surface area contributed by atoms with Crippen molar-refractivity contribution in [2.24, 2.45) is 0 Å². The second kappa shape index (κ2) is 7.70. The normalized spacial score (nSPS) is 15.7. The summed E-state index contributed by atoms with van der Waals surface area (Å²) in [6.45, 7) is 1.95. The van der Waals surface area contributed by atoms with E-state index in [1.165, 1.54) is 26.0 Å². The number of amides is 1. The molecule has 0 atom stereocenters. The summed E-state index contributed by atoms with van der Waals surface area (Å²) in [6, 6.07) is 11.1. The van der Waals surface area contributed by atoms with E-state index in [0.29, 0.717) is 25.7 Å². The molecule has 0 spiro atoms. The number of hydrogen-bond donors (Lipinski definition) is 0. The molecule has 1 heterocycles. The predicted molar refractivity (Wildman–Crippen MR) is 111 cm³/mol. The van der Waals surface area contributed by atoms with Crippen LogP contribution in [0.5, 0.6) is 11.5 Å². The standard InChI is InChI=1S/C19H16ClNO3S2/c1-11-6-4-5-7-14(11)21-18(22)16(26-19(21)25)10-12-8-13(20)17(24-3)15(9-12)23-2/h4-10H,1-3H3. The molecule has 3 rings (SSSR count). The van der Waals surface area contributed by atoms with Gasteiger partial charge in [0, 0.05) is 0 Å². The zero-order valence-corrected chi connectivity index (χ0v) is 16.8. The van der Waals surface area contributed by atoms with E-state index >= 15 is 0 Å². The van der Waals surface area contributed by atoms with Crippen molar-refractivity contribution in [1.29, 1.82) is 0 Å². The van der Waals surface area contributed by atoms with E-state index in [1.54, 1.807) is 23.1 Å². The third kappa shape index (κ3) is 3.45. The van der Waals surface area contributed by atoms with Crippen LogP contribution in [0.2, 0.25) is 5.02 Å². The Bertz CT molecular complexity index is 927. The SMILES string of the molecule is COc1cc(C=C2SC(=S)N(c3ccccc3C)C2=O)cc(Cl)c1OC. The number of thiocarbonyl (C=S) groups is 1. The Morgan fingerprint density at radius 3 is 2.58 bits per heavy atom. The quantitative estimate of drug-likeness (QED) is 0.524. The van der Waals surface area contributed by atoms with E-state index in [4.69, 9.17) is 33.3 Å². The highest BCUT2D eigenvalue weighted by atomic mass is 35.5. The van der Waals surface area contributed by atoms with E-state index < -0.39 is 0 Å². The molecule has 2 aromatic rings. The molecule has 0 radical (unpaired) electrons.